The average molecular weight is 371 g/mol. The predicted molar refractivity (Wildman–Crippen MR) is 86.1 cm³/mol. The number of halogens is 1. The van der Waals surface area contributed by atoms with E-state index in [4.69, 9.17) is 16.3 Å². The van der Waals surface area contributed by atoms with Gasteiger partial charge in [0.15, 0.2) is 11.6 Å². The number of aromatic amines is 1. The SMILES string of the molecule is O=C1COc2ccc(Cl)cc2CN1CCNS(=O)(=O)c1cnc[nH]1. The highest BCUT2D eigenvalue weighted by Crippen LogP contribution is 2.26. The van der Waals surface area contributed by atoms with Crippen molar-refractivity contribution in [1.29, 1.82) is 0 Å². The first-order valence-electron chi connectivity index (χ1n) is 7.13. The van der Waals surface area contributed by atoms with Crippen LogP contribution in [0.25, 0.3) is 0 Å². The highest BCUT2D eigenvalue weighted by molar-refractivity contribution is 7.89. The number of imidazole rings is 1. The van der Waals surface area contributed by atoms with E-state index in [-0.39, 0.29) is 30.6 Å². The normalized spacial score (nSPS) is 14.9. The minimum Gasteiger partial charge on any atom is -0.483 e. The van der Waals surface area contributed by atoms with Gasteiger partial charge in [0.2, 0.25) is 0 Å². The summed E-state index contributed by atoms with van der Waals surface area (Å²) in [4.78, 5) is 19.9. The van der Waals surface area contributed by atoms with E-state index < -0.39 is 10.0 Å². The number of aromatic nitrogens is 2. The first-order valence-corrected chi connectivity index (χ1v) is 8.99. The van der Waals surface area contributed by atoms with Crippen LogP contribution in [0.4, 0.5) is 0 Å². The van der Waals surface area contributed by atoms with Crippen LogP contribution in [0.1, 0.15) is 5.56 Å². The third-order valence-corrected chi connectivity index (χ3v) is 5.15. The quantitative estimate of drug-likeness (QED) is 0.808. The molecular formula is C14H15ClN4O4S. The number of H-pyrrole nitrogens is 1. The molecule has 0 spiro atoms. The number of carbonyl (C=O) groups is 1. The Morgan fingerprint density at radius 2 is 2.25 bits per heavy atom. The molecule has 128 valence electrons. The van der Waals surface area contributed by atoms with E-state index in [1.807, 2.05) is 0 Å². The summed E-state index contributed by atoms with van der Waals surface area (Å²) in [6.45, 7) is 0.493. The highest BCUT2D eigenvalue weighted by atomic mass is 35.5. The molecule has 8 nitrogen and oxygen atoms in total. The number of nitrogens with one attached hydrogen (secondary N) is 2. The Balaban J connectivity index is 1.65. The Kier molecular flexibility index (Phi) is 4.74. The van der Waals surface area contributed by atoms with Crippen molar-refractivity contribution in [2.24, 2.45) is 0 Å². The number of ether oxygens (including phenoxy) is 1. The number of hydrogen-bond donors (Lipinski definition) is 2. The van der Waals surface area contributed by atoms with Gasteiger partial charge in [0.1, 0.15) is 5.75 Å². The Morgan fingerprint density at radius 1 is 1.42 bits per heavy atom. The van der Waals surface area contributed by atoms with Gasteiger partial charge in [0.05, 0.1) is 12.5 Å². The van der Waals surface area contributed by atoms with E-state index >= 15 is 0 Å². The molecule has 0 atom stereocenters. The van der Waals surface area contributed by atoms with Crippen LogP contribution in [0.3, 0.4) is 0 Å². The van der Waals surface area contributed by atoms with Crippen molar-refractivity contribution < 1.29 is 17.9 Å². The van der Waals surface area contributed by atoms with Gasteiger partial charge >= 0.3 is 0 Å². The van der Waals surface area contributed by atoms with E-state index in [1.165, 1.54) is 17.4 Å². The van der Waals surface area contributed by atoms with Gasteiger partial charge in [-0.15, -0.1) is 0 Å². The first-order chi connectivity index (χ1) is 11.5. The van der Waals surface area contributed by atoms with Crippen molar-refractivity contribution in [2.45, 2.75) is 11.6 Å². The number of fused-ring (bicyclic) bond motifs is 1. The fourth-order valence-electron chi connectivity index (χ4n) is 2.32. The average Bonchev–Trinajstić information content (AvgIpc) is 3.03. The van der Waals surface area contributed by atoms with Crippen molar-refractivity contribution in [3.63, 3.8) is 0 Å². The first kappa shape index (κ1) is 16.7. The van der Waals surface area contributed by atoms with Crippen molar-refractivity contribution in [3.05, 3.63) is 41.3 Å². The highest BCUT2D eigenvalue weighted by Gasteiger charge is 2.22. The minimum atomic E-state index is -3.67. The zero-order valence-corrected chi connectivity index (χ0v) is 14.1. The van der Waals surface area contributed by atoms with E-state index in [2.05, 4.69) is 14.7 Å². The largest absolute Gasteiger partial charge is 0.483 e. The Bertz CT molecular complexity index is 838. The number of amides is 1. The van der Waals surface area contributed by atoms with Gasteiger partial charge in [0, 0.05) is 30.2 Å². The number of rotatable bonds is 5. The zero-order chi connectivity index (χ0) is 17.2. The van der Waals surface area contributed by atoms with Crippen molar-refractivity contribution in [3.8, 4) is 5.75 Å². The summed E-state index contributed by atoms with van der Waals surface area (Å²) in [5, 5.41) is 0.525. The lowest BCUT2D eigenvalue weighted by molar-refractivity contribution is -0.133. The Hall–Kier alpha value is -2.10. The molecule has 1 aliphatic heterocycles. The van der Waals surface area contributed by atoms with Crippen LogP contribution in [0, 0.1) is 0 Å². The van der Waals surface area contributed by atoms with Gasteiger partial charge in [-0.2, -0.15) is 0 Å². The van der Waals surface area contributed by atoms with Gasteiger partial charge < -0.3 is 14.6 Å². The molecule has 0 bridgehead atoms. The summed E-state index contributed by atoms with van der Waals surface area (Å²) in [7, 11) is -3.67. The minimum absolute atomic E-state index is 0.0230. The molecule has 24 heavy (non-hydrogen) atoms. The smallest absolute Gasteiger partial charge is 0.260 e. The Morgan fingerprint density at radius 3 is 3.00 bits per heavy atom. The summed E-state index contributed by atoms with van der Waals surface area (Å²) < 4.78 is 31.9. The van der Waals surface area contributed by atoms with Gasteiger partial charge in [-0.05, 0) is 18.2 Å². The molecule has 0 radical (unpaired) electrons. The summed E-state index contributed by atoms with van der Waals surface area (Å²) in [6, 6.07) is 5.14. The van der Waals surface area contributed by atoms with Crippen LogP contribution in [-0.2, 0) is 21.4 Å². The maximum atomic E-state index is 12.1. The van der Waals surface area contributed by atoms with Crippen LogP contribution in [0.2, 0.25) is 5.02 Å². The summed E-state index contributed by atoms with van der Waals surface area (Å²) in [6.07, 6.45) is 2.50. The predicted octanol–water partition coefficient (Wildman–Crippen LogP) is 0.763. The molecule has 3 rings (SSSR count). The van der Waals surface area contributed by atoms with Crippen LogP contribution >= 0.6 is 11.6 Å². The summed E-state index contributed by atoms with van der Waals surface area (Å²) in [5.74, 6) is 0.386. The molecule has 0 aliphatic carbocycles. The molecule has 10 heteroatoms. The molecule has 1 aliphatic rings. The zero-order valence-electron chi connectivity index (χ0n) is 12.5. The number of benzene rings is 1. The number of nitrogens with zero attached hydrogens (tertiary/aromatic N) is 2. The molecule has 2 heterocycles. The fraction of sp³-hybridized carbons (Fsp3) is 0.286. The third kappa shape index (κ3) is 3.69. The van der Waals surface area contributed by atoms with Crippen molar-refractivity contribution >= 4 is 27.5 Å². The molecule has 1 aromatic carbocycles. The number of hydrogen-bond acceptors (Lipinski definition) is 5. The summed E-state index contributed by atoms with van der Waals surface area (Å²) in [5.41, 5.74) is 0.782. The fourth-order valence-corrected chi connectivity index (χ4v) is 3.44. The molecule has 1 aromatic heterocycles. The number of sulfonamides is 1. The second kappa shape index (κ2) is 6.80. The lowest BCUT2D eigenvalue weighted by Gasteiger charge is -2.20. The molecule has 0 saturated carbocycles. The van der Waals surface area contributed by atoms with Gasteiger partial charge in [0.25, 0.3) is 15.9 Å². The molecule has 0 unspecified atom stereocenters. The standard InChI is InChI=1S/C14H15ClN4O4S/c15-11-1-2-12-10(5-11)7-19(14(20)8-23-12)4-3-18-24(21,22)13-6-16-9-17-13/h1-2,5-6,9,18H,3-4,7-8H2,(H,16,17). The maximum Gasteiger partial charge on any atom is 0.260 e. The van der Waals surface area contributed by atoms with Crippen LogP contribution in [-0.4, -0.2) is 48.9 Å². The second-order valence-electron chi connectivity index (χ2n) is 5.17. The topological polar surface area (TPSA) is 104 Å². The van der Waals surface area contributed by atoms with Gasteiger partial charge in [-0.25, -0.2) is 18.1 Å². The molecule has 2 N–H and O–H groups in total. The molecular weight excluding hydrogens is 356 g/mol. The summed E-state index contributed by atoms with van der Waals surface area (Å²) >= 11 is 5.98. The molecule has 2 aromatic rings. The van der Waals surface area contributed by atoms with Crippen LogP contribution in [0.5, 0.6) is 5.75 Å². The molecule has 0 fully saturated rings. The van der Waals surface area contributed by atoms with Crippen molar-refractivity contribution in [1.82, 2.24) is 19.6 Å². The van der Waals surface area contributed by atoms with Crippen LogP contribution in [0.15, 0.2) is 35.7 Å². The Labute approximate surface area is 143 Å². The van der Waals surface area contributed by atoms with E-state index in [0.29, 0.717) is 17.3 Å². The van der Waals surface area contributed by atoms with E-state index in [0.717, 1.165) is 5.56 Å². The van der Waals surface area contributed by atoms with Crippen molar-refractivity contribution in [2.75, 3.05) is 19.7 Å². The van der Waals surface area contributed by atoms with Crippen LogP contribution < -0.4 is 9.46 Å². The maximum absolute atomic E-state index is 12.1. The lowest BCUT2D eigenvalue weighted by atomic mass is 10.2. The monoisotopic (exact) mass is 370 g/mol. The van der Waals surface area contributed by atoms with Gasteiger partial charge in [-0.1, -0.05) is 11.6 Å². The van der Waals surface area contributed by atoms with E-state index in [1.54, 1.807) is 18.2 Å². The molecule has 0 saturated heterocycles. The number of carbonyl (C=O) groups excluding carboxylic acids is 1. The second-order valence-corrected chi connectivity index (χ2v) is 7.34. The lowest BCUT2D eigenvalue weighted by Crippen LogP contribution is -2.39. The third-order valence-electron chi connectivity index (χ3n) is 3.52. The molecule has 1 amide bonds. The van der Waals surface area contributed by atoms with Gasteiger partial charge in [-0.3, -0.25) is 4.79 Å². The van der Waals surface area contributed by atoms with E-state index in [9.17, 15) is 13.2 Å².